The fraction of sp³-hybridized carbons (Fsp3) is 0.238. The van der Waals surface area contributed by atoms with Gasteiger partial charge in [-0.1, -0.05) is 30.3 Å². The lowest BCUT2D eigenvalue weighted by molar-refractivity contribution is 0.624. The molecule has 148 valence electrons. The SMILES string of the molecule is CN=C(NCc1cccc(F)c1)NCc1ccccc1-n1nc(C)cc1C.I. The van der Waals surface area contributed by atoms with Gasteiger partial charge in [0.25, 0.3) is 0 Å². The van der Waals surface area contributed by atoms with E-state index >= 15 is 0 Å². The van der Waals surface area contributed by atoms with Crippen LogP contribution in [0.3, 0.4) is 0 Å². The fourth-order valence-electron chi connectivity index (χ4n) is 2.97. The summed E-state index contributed by atoms with van der Waals surface area (Å²) in [6, 6.07) is 16.7. The van der Waals surface area contributed by atoms with Gasteiger partial charge in [-0.25, -0.2) is 9.07 Å². The van der Waals surface area contributed by atoms with E-state index in [9.17, 15) is 4.39 Å². The summed E-state index contributed by atoms with van der Waals surface area (Å²) in [6.07, 6.45) is 0. The van der Waals surface area contributed by atoms with E-state index in [1.54, 1.807) is 13.1 Å². The van der Waals surface area contributed by atoms with E-state index in [2.05, 4.69) is 38.9 Å². The van der Waals surface area contributed by atoms with E-state index < -0.39 is 0 Å². The number of para-hydroxylation sites is 1. The predicted molar refractivity (Wildman–Crippen MR) is 122 cm³/mol. The summed E-state index contributed by atoms with van der Waals surface area (Å²) in [7, 11) is 1.72. The summed E-state index contributed by atoms with van der Waals surface area (Å²) < 4.78 is 15.3. The molecule has 0 saturated heterocycles. The molecule has 0 aliphatic carbocycles. The van der Waals surface area contributed by atoms with E-state index in [0.29, 0.717) is 19.0 Å². The Kier molecular flexibility index (Phi) is 7.98. The zero-order chi connectivity index (χ0) is 19.2. The van der Waals surface area contributed by atoms with Crippen LogP contribution in [0.1, 0.15) is 22.5 Å². The van der Waals surface area contributed by atoms with Gasteiger partial charge in [-0.05, 0) is 49.2 Å². The zero-order valence-electron chi connectivity index (χ0n) is 16.2. The van der Waals surface area contributed by atoms with Crippen molar-refractivity contribution in [1.82, 2.24) is 20.4 Å². The Morgan fingerprint density at radius 2 is 1.79 bits per heavy atom. The summed E-state index contributed by atoms with van der Waals surface area (Å²) in [5.74, 6) is 0.415. The van der Waals surface area contributed by atoms with E-state index in [4.69, 9.17) is 0 Å². The number of hydrogen-bond acceptors (Lipinski definition) is 2. The maximum atomic E-state index is 13.3. The first-order valence-corrected chi connectivity index (χ1v) is 8.87. The molecule has 0 aliphatic heterocycles. The molecule has 0 radical (unpaired) electrons. The van der Waals surface area contributed by atoms with Gasteiger partial charge in [0, 0.05) is 25.8 Å². The lowest BCUT2D eigenvalue weighted by atomic mass is 10.1. The molecule has 0 aliphatic rings. The highest BCUT2D eigenvalue weighted by molar-refractivity contribution is 14.0. The third-order valence-corrected chi connectivity index (χ3v) is 4.25. The van der Waals surface area contributed by atoms with Gasteiger partial charge in [-0.3, -0.25) is 4.99 Å². The lowest BCUT2D eigenvalue weighted by Crippen LogP contribution is -2.36. The number of benzene rings is 2. The van der Waals surface area contributed by atoms with Crippen molar-refractivity contribution in [1.29, 1.82) is 0 Å². The van der Waals surface area contributed by atoms with Crippen LogP contribution in [0.2, 0.25) is 0 Å². The molecule has 2 aromatic carbocycles. The highest BCUT2D eigenvalue weighted by Crippen LogP contribution is 2.16. The number of halogens is 2. The maximum absolute atomic E-state index is 13.3. The number of guanidine groups is 1. The molecule has 0 bridgehead atoms. The van der Waals surface area contributed by atoms with Crippen LogP contribution in [-0.2, 0) is 13.1 Å². The van der Waals surface area contributed by atoms with Gasteiger partial charge in [0.2, 0.25) is 0 Å². The van der Waals surface area contributed by atoms with Crippen molar-refractivity contribution in [3.05, 3.63) is 82.9 Å². The molecule has 0 spiro atoms. The molecule has 2 N–H and O–H groups in total. The Morgan fingerprint density at radius 3 is 2.46 bits per heavy atom. The van der Waals surface area contributed by atoms with Gasteiger partial charge in [-0.15, -0.1) is 24.0 Å². The molecule has 5 nitrogen and oxygen atoms in total. The largest absolute Gasteiger partial charge is 0.352 e. The zero-order valence-corrected chi connectivity index (χ0v) is 18.6. The van der Waals surface area contributed by atoms with Crippen molar-refractivity contribution in [2.75, 3.05) is 7.05 Å². The second-order valence-corrected chi connectivity index (χ2v) is 6.38. The van der Waals surface area contributed by atoms with Crippen LogP contribution in [0.25, 0.3) is 5.69 Å². The average Bonchev–Trinajstić information content (AvgIpc) is 3.00. The van der Waals surface area contributed by atoms with E-state index in [1.807, 2.05) is 36.7 Å². The number of aliphatic imine (C=N–C) groups is 1. The minimum Gasteiger partial charge on any atom is -0.352 e. The molecule has 0 unspecified atom stereocenters. The van der Waals surface area contributed by atoms with Crippen LogP contribution in [-0.4, -0.2) is 22.8 Å². The van der Waals surface area contributed by atoms with Crippen molar-refractivity contribution < 1.29 is 4.39 Å². The summed E-state index contributed by atoms with van der Waals surface area (Å²) in [4.78, 5) is 4.24. The number of hydrogen-bond donors (Lipinski definition) is 2. The minimum absolute atomic E-state index is 0. The number of nitrogens with zero attached hydrogens (tertiary/aromatic N) is 3. The highest BCUT2D eigenvalue weighted by Gasteiger charge is 2.09. The van der Waals surface area contributed by atoms with Crippen molar-refractivity contribution in [2.45, 2.75) is 26.9 Å². The third-order valence-electron chi connectivity index (χ3n) is 4.25. The quantitative estimate of drug-likeness (QED) is 0.320. The second-order valence-electron chi connectivity index (χ2n) is 6.38. The average molecular weight is 493 g/mol. The van der Waals surface area contributed by atoms with E-state index in [0.717, 1.165) is 28.2 Å². The smallest absolute Gasteiger partial charge is 0.191 e. The molecule has 1 aromatic heterocycles. The lowest BCUT2D eigenvalue weighted by Gasteiger charge is -2.15. The Labute approximate surface area is 182 Å². The molecule has 0 fully saturated rings. The summed E-state index contributed by atoms with van der Waals surface area (Å²) in [5, 5.41) is 11.1. The summed E-state index contributed by atoms with van der Waals surface area (Å²) in [5.41, 5.74) is 5.09. The molecule has 0 saturated carbocycles. The molecule has 3 aromatic rings. The normalized spacial score (nSPS) is 11.1. The van der Waals surface area contributed by atoms with Gasteiger partial charge in [0.1, 0.15) is 5.82 Å². The van der Waals surface area contributed by atoms with Crippen LogP contribution < -0.4 is 10.6 Å². The van der Waals surface area contributed by atoms with Crippen molar-refractivity contribution in [3.63, 3.8) is 0 Å². The van der Waals surface area contributed by atoms with Crippen molar-refractivity contribution in [2.24, 2.45) is 4.99 Å². The Balaban J connectivity index is 0.00000280. The molecule has 28 heavy (non-hydrogen) atoms. The standard InChI is InChI=1S/C21H24FN5.HI/c1-15-11-16(2)27(26-15)20-10-5-4-8-18(20)14-25-21(23-3)24-13-17-7-6-9-19(22)12-17;/h4-12H,13-14H2,1-3H3,(H2,23,24,25);1H. The minimum atomic E-state index is -0.240. The predicted octanol–water partition coefficient (Wildman–Crippen LogP) is 4.11. The Morgan fingerprint density at radius 1 is 1.04 bits per heavy atom. The first-order chi connectivity index (χ1) is 13.1. The summed E-state index contributed by atoms with van der Waals surface area (Å²) >= 11 is 0. The van der Waals surface area contributed by atoms with Gasteiger partial charge in [0.15, 0.2) is 5.96 Å². The van der Waals surface area contributed by atoms with Crippen molar-refractivity contribution in [3.8, 4) is 5.69 Å². The van der Waals surface area contributed by atoms with E-state index in [1.165, 1.54) is 12.1 Å². The van der Waals surface area contributed by atoms with Gasteiger partial charge < -0.3 is 10.6 Å². The second kappa shape index (κ2) is 10.2. The summed E-state index contributed by atoms with van der Waals surface area (Å²) in [6.45, 7) is 5.13. The van der Waals surface area contributed by atoms with Gasteiger partial charge >= 0.3 is 0 Å². The molecular weight excluding hydrogens is 468 g/mol. The first kappa shape index (κ1) is 21.9. The molecule has 3 rings (SSSR count). The molecular formula is C21H25FIN5. The number of aryl methyl sites for hydroxylation is 2. The molecule has 0 amide bonds. The first-order valence-electron chi connectivity index (χ1n) is 8.87. The monoisotopic (exact) mass is 493 g/mol. The van der Waals surface area contributed by atoms with Gasteiger partial charge in [0.05, 0.1) is 11.4 Å². The third kappa shape index (κ3) is 5.54. The molecule has 0 atom stereocenters. The maximum Gasteiger partial charge on any atom is 0.191 e. The topological polar surface area (TPSA) is 54.2 Å². The van der Waals surface area contributed by atoms with Crippen LogP contribution in [0.4, 0.5) is 4.39 Å². The molecule has 1 heterocycles. The van der Waals surface area contributed by atoms with Crippen LogP contribution in [0.15, 0.2) is 59.6 Å². The molecule has 7 heteroatoms. The highest BCUT2D eigenvalue weighted by atomic mass is 127. The Hall–Kier alpha value is -2.42. The number of nitrogens with one attached hydrogen (secondary N) is 2. The van der Waals surface area contributed by atoms with Crippen LogP contribution in [0, 0.1) is 19.7 Å². The fourth-order valence-corrected chi connectivity index (χ4v) is 2.97. The Bertz CT molecular complexity index is 951. The number of rotatable bonds is 5. The van der Waals surface area contributed by atoms with E-state index in [-0.39, 0.29) is 29.8 Å². The van der Waals surface area contributed by atoms with Crippen LogP contribution in [0.5, 0.6) is 0 Å². The van der Waals surface area contributed by atoms with Crippen molar-refractivity contribution >= 4 is 29.9 Å². The van der Waals surface area contributed by atoms with Crippen LogP contribution >= 0.6 is 24.0 Å². The van der Waals surface area contributed by atoms with Gasteiger partial charge in [-0.2, -0.15) is 5.10 Å². The number of aromatic nitrogens is 2.